The van der Waals surface area contributed by atoms with Crippen LogP contribution in [0.1, 0.15) is 32.5 Å². The first kappa shape index (κ1) is 21.3. The Morgan fingerprint density at radius 3 is 2.72 bits per heavy atom. The van der Waals surface area contributed by atoms with Crippen molar-refractivity contribution < 1.29 is 19.4 Å². The van der Waals surface area contributed by atoms with Gasteiger partial charge in [0, 0.05) is 26.1 Å². The van der Waals surface area contributed by atoms with Crippen LogP contribution in [0.5, 0.6) is 0 Å². The van der Waals surface area contributed by atoms with Gasteiger partial charge >= 0.3 is 0 Å². The molecule has 1 saturated heterocycles. The minimum absolute atomic E-state index is 0.0394. The molecule has 29 heavy (non-hydrogen) atoms. The molecular formula is C21H30N4O4. The van der Waals surface area contributed by atoms with Crippen molar-refractivity contribution in [2.75, 3.05) is 19.7 Å². The van der Waals surface area contributed by atoms with Gasteiger partial charge in [0.15, 0.2) is 0 Å². The Hall–Kier alpha value is -2.45. The van der Waals surface area contributed by atoms with Crippen LogP contribution in [0.4, 0.5) is 0 Å². The van der Waals surface area contributed by atoms with Crippen molar-refractivity contribution >= 4 is 22.8 Å². The third-order valence-corrected chi connectivity index (χ3v) is 5.41. The average Bonchev–Trinajstić information content (AvgIpc) is 2.90. The zero-order valence-electron chi connectivity index (χ0n) is 17.3. The summed E-state index contributed by atoms with van der Waals surface area (Å²) >= 11 is 0. The summed E-state index contributed by atoms with van der Waals surface area (Å²) in [6, 6.07) is 7.51. The summed E-state index contributed by atoms with van der Waals surface area (Å²) in [5, 5.41) is 13.2. The fourth-order valence-electron chi connectivity index (χ4n) is 3.50. The molecule has 1 aromatic heterocycles. The molecule has 2 heterocycles. The van der Waals surface area contributed by atoms with E-state index in [9.17, 15) is 14.7 Å². The molecule has 0 bridgehead atoms. The topological polar surface area (TPSA) is 96.7 Å². The van der Waals surface area contributed by atoms with Crippen LogP contribution < -0.4 is 5.32 Å². The largest absolute Gasteiger partial charge is 0.391 e. The maximum absolute atomic E-state index is 12.5. The van der Waals surface area contributed by atoms with E-state index in [0.29, 0.717) is 25.9 Å². The van der Waals surface area contributed by atoms with Crippen LogP contribution in [0.2, 0.25) is 0 Å². The highest BCUT2D eigenvalue weighted by Gasteiger charge is 2.28. The van der Waals surface area contributed by atoms with Gasteiger partial charge in [0.05, 0.1) is 23.2 Å². The Labute approximate surface area is 170 Å². The Morgan fingerprint density at radius 1 is 1.28 bits per heavy atom. The highest BCUT2D eigenvalue weighted by Crippen LogP contribution is 2.16. The van der Waals surface area contributed by atoms with E-state index < -0.39 is 6.10 Å². The zero-order valence-corrected chi connectivity index (χ0v) is 17.3. The highest BCUT2D eigenvalue weighted by atomic mass is 16.5. The lowest BCUT2D eigenvalue weighted by molar-refractivity contribution is -0.136. The highest BCUT2D eigenvalue weighted by molar-refractivity contribution is 5.79. The van der Waals surface area contributed by atoms with Gasteiger partial charge in [-0.05, 0) is 25.0 Å². The molecule has 0 unspecified atom stereocenters. The SMILES string of the molecule is CC(C)C(=O)N[C@H]1CCN(C(=O)COCc2nc3ccccc3n2C)CC[C@@H]1O. The molecule has 0 aliphatic carbocycles. The quantitative estimate of drug-likeness (QED) is 0.757. The molecule has 1 aromatic carbocycles. The number of nitrogens with zero attached hydrogens (tertiary/aromatic N) is 3. The zero-order chi connectivity index (χ0) is 21.0. The smallest absolute Gasteiger partial charge is 0.248 e. The third-order valence-electron chi connectivity index (χ3n) is 5.41. The van der Waals surface area contributed by atoms with Crippen molar-refractivity contribution in [2.45, 2.75) is 45.4 Å². The van der Waals surface area contributed by atoms with Gasteiger partial charge in [0.25, 0.3) is 0 Å². The Bertz CT molecular complexity index is 863. The van der Waals surface area contributed by atoms with Crippen LogP contribution in [0.3, 0.4) is 0 Å². The minimum Gasteiger partial charge on any atom is -0.391 e. The number of carbonyl (C=O) groups is 2. The fourth-order valence-corrected chi connectivity index (χ4v) is 3.50. The van der Waals surface area contributed by atoms with E-state index in [1.54, 1.807) is 4.90 Å². The number of aryl methyl sites for hydroxylation is 1. The lowest BCUT2D eigenvalue weighted by atomic mass is 10.1. The molecular weight excluding hydrogens is 372 g/mol. The van der Waals surface area contributed by atoms with E-state index >= 15 is 0 Å². The van der Waals surface area contributed by atoms with Crippen molar-refractivity contribution in [3.63, 3.8) is 0 Å². The molecule has 8 nitrogen and oxygen atoms in total. The molecule has 8 heteroatoms. The van der Waals surface area contributed by atoms with Gasteiger partial charge < -0.3 is 24.6 Å². The van der Waals surface area contributed by atoms with Crippen molar-refractivity contribution in [3.05, 3.63) is 30.1 Å². The lowest BCUT2D eigenvalue weighted by Gasteiger charge is -2.22. The Kier molecular flexibility index (Phi) is 6.87. The number of amides is 2. The lowest BCUT2D eigenvalue weighted by Crippen LogP contribution is -2.44. The van der Waals surface area contributed by atoms with Crippen LogP contribution in [-0.4, -0.2) is 63.2 Å². The average molecular weight is 402 g/mol. The van der Waals surface area contributed by atoms with Crippen LogP contribution in [-0.2, 0) is 28.0 Å². The van der Waals surface area contributed by atoms with Crippen LogP contribution in [0.25, 0.3) is 11.0 Å². The van der Waals surface area contributed by atoms with E-state index in [1.807, 2.05) is 49.7 Å². The summed E-state index contributed by atoms with van der Waals surface area (Å²) in [5.41, 5.74) is 1.92. The predicted molar refractivity (Wildman–Crippen MR) is 109 cm³/mol. The molecule has 0 saturated carbocycles. The van der Waals surface area contributed by atoms with Crippen LogP contribution >= 0.6 is 0 Å². The summed E-state index contributed by atoms with van der Waals surface area (Å²) < 4.78 is 7.59. The maximum Gasteiger partial charge on any atom is 0.248 e. The fraction of sp³-hybridized carbons (Fsp3) is 0.571. The van der Waals surface area contributed by atoms with Gasteiger partial charge in [0.2, 0.25) is 11.8 Å². The number of aromatic nitrogens is 2. The minimum atomic E-state index is -0.656. The number of para-hydroxylation sites is 2. The summed E-state index contributed by atoms with van der Waals surface area (Å²) in [5.74, 6) is 0.424. The molecule has 1 fully saturated rings. The van der Waals surface area contributed by atoms with Gasteiger partial charge in [-0.2, -0.15) is 0 Å². The van der Waals surface area contributed by atoms with E-state index in [1.165, 1.54) is 0 Å². The number of likely N-dealkylation sites (tertiary alicyclic amines) is 1. The normalized spacial score (nSPS) is 20.1. The van der Waals surface area contributed by atoms with Gasteiger partial charge in [0.1, 0.15) is 19.0 Å². The number of imidazole rings is 1. The maximum atomic E-state index is 12.5. The van der Waals surface area contributed by atoms with E-state index in [4.69, 9.17) is 4.74 Å². The van der Waals surface area contributed by atoms with E-state index in [0.717, 1.165) is 16.9 Å². The monoisotopic (exact) mass is 402 g/mol. The summed E-state index contributed by atoms with van der Waals surface area (Å²) in [7, 11) is 1.93. The predicted octanol–water partition coefficient (Wildman–Crippen LogP) is 1.21. The van der Waals surface area contributed by atoms with E-state index in [-0.39, 0.29) is 37.0 Å². The van der Waals surface area contributed by atoms with Crippen molar-refractivity contribution in [1.29, 1.82) is 0 Å². The second-order valence-electron chi connectivity index (χ2n) is 7.86. The van der Waals surface area contributed by atoms with Gasteiger partial charge in [-0.3, -0.25) is 9.59 Å². The number of carbonyl (C=O) groups excluding carboxylic acids is 2. The molecule has 2 amide bonds. The van der Waals surface area contributed by atoms with Crippen LogP contribution in [0, 0.1) is 5.92 Å². The number of benzene rings is 1. The van der Waals surface area contributed by atoms with Crippen LogP contribution in [0.15, 0.2) is 24.3 Å². The summed E-state index contributed by atoms with van der Waals surface area (Å²) in [4.78, 5) is 30.7. The van der Waals surface area contributed by atoms with Gasteiger partial charge in [-0.15, -0.1) is 0 Å². The number of aliphatic hydroxyl groups excluding tert-OH is 1. The summed E-state index contributed by atoms with van der Waals surface area (Å²) in [6.07, 6.45) is 0.298. The number of rotatable bonds is 6. The standard InChI is InChI=1S/C21H30N4O4/c1-14(2)21(28)23-16-8-10-25(11-9-18(16)26)20(27)13-29-12-19-22-15-6-4-5-7-17(15)24(19)3/h4-7,14,16,18,26H,8-13H2,1-3H3,(H,23,28)/t16-,18-/m0/s1. The molecule has 1 aliphatic heterocycles. The van der Waals surface area contributed by atoms with Crippen molar-refractivity contribution in [3.8, 4) is 0 Å². The second-order valence-corrected chi connectivity index (χ2v) is 7.86. The van der Waals surface area contributed by atoms with Gasteiger partial charge in [-0.25, -0.2) is 4.98 Å². The molecule has 158 valence electrons. The number of ether oxygens (including phenoxy) is 1. The van der Waals surface area contributed by atoms with Crippen molar-refractivity contribution in [2.24, 2.45) is 13.0 Å². The number of hydrogen-bond acceptors (Lipinski definition) is 5. The Balaban J connectivity index is 1.50. The first-order valence-corrected chi connectivity index (χ1v) is 10.1. The molecule has 1 aliphatic rings. The summed E-state index contributed by atoms with van der Waals surface area (Å²) in [6.45, 7) is 4.77. The molecule has 0 spiro atoms. The van der Waals surface area contributed by atoms with E-state index in [2.05, 4.69) is 10.3 Å². The number of hydrogen-bond donors (Lipinski definition) is 2. The second kappa shape index (κ2) is 9.37. The van der Waals surface area contributed by atoms with Crippen molar-refractivity contribution in [1.82, 2.24) is 19.8 Å². The number of aliphatic hydroxyl groups is 1. The molecule has 2 aromatic rings. The number of fused-ring (bicyclic) bond motifs is 1. The van der Waals surface area contributed by atoms with Gasteiger partial charge in [-0.1, -0.05) is 26.0 Å². The molecule has 3 rings (SSSR count). The number of nitrogens with one attached hydrogen (secondary N) is 1. The Morgan fingerprint density at radius 2 is 2.00 bits per heavy atom. The first-order valence-electron chi connectivity index (χ1n) is 10.1. The first-order chi connectivity index (χ1) is 13.9. The third kappa shape index (κ3) is 5.13. The molecule has 2 atom stereocenters. The molecule has 2 N–H and O–H groups in total. The molecule has 0 radical (unpaired) electrons.